The molecule has 1 aliphatic carbocycles. The Labute approximate surface area is 127 Å². The van der Waals surface area contributed by atoms with Crippen LogP contribution in [0, 0.1) is 0 Å². The van der Waals surface area contributed by atoms with Crippen molar-refractivity contribution in [1.82, 2.24) is 0 Å². The number of hydrogen-bond acceptors (Lipinski definition) is 2. The molecule has 0 bridgehead atoms. The van der Waals surface area contributed by atoms with Crippen LogP contribution in [-0.2, 0) is 4.79 Å². The van der Waals surface area contributed by atoms with Gasteiger partial charge in [-0.2, -0.15) is 0 Å². The fourth-order valence-corrected chi connectivity index (χ4v) is 2.35. The molecule has 0 aromatic heterocycles. The van der Waals surface area contributed by atoms with Crippen molar-refractivity contribution >= 4 is 56.5 Å². The van der Waals surface area contributed by atoms with Gasteiger partial charge in [-0.15, -0.1) is 0 Å². The molecular formula is C13H6BrCl2NO2. The number of allylic oxidation sites excluding steroid dienone is 4. The van der Waals surface area contributed by atoms with Crippen LogP contribution in [0.2, 0.25) is 0 Å². The molecule has 0 atom stereocenters. The molecule has 19 heavy (non-hydrogen) atoms. The molecule has 0 unspecified atom stereocenters. The lowest BCUT2D eigenvalue weighted by atomic mass is 10.1. The van der Waals surface area contributed by atoms with Crippen molar-refractivity contribution in [1.29, 1.82) is 0 Å². The molecule has 6 heteroatoms. The fourth-order valence-electron chi connectivity index (χ4n) is 1.42. The first-order valence-corrected chi connectivity index (χ1v) is 6.70. The van der Waals surface area contributed by atoms with E-state index in [0.717, 1.165) is 0 Å². The van der Waals surface area contributed by atoms with Crippen molar-refractivity contribution in [3.63, 3.8) is 0 Å². The summed E-state index contributed by atoms with van der Waals surface area (Å²) in [5.41, 5.74) is 0.663. The zero-order valence-corrected chi connectivity index (χ0v) is 12.5. The van der Waals surface area contributed by atoms with E-state index >= 15 is 0 Å². The molecular weight excluding hydrogens is 353 g/mol. The second-order valence-electron chi connectivity index (χ2n) is 3.64. The lowest BCUT2D eigenvalue weighted by molar-refractivity contribution is -0.111. The molecule has 96 valence electrons. The highest BCUT2D eigenvalue weighted by Crippen LogP contribution is 2.21. The molecule has 1 aromatic rings. The van der Waals surface area contributed by atoms with Crippen LogP contribution < -0.4 is 0 Å². The number of hydrogen-bond donors (Lipinski definition) is 0. The van der Waals surface area contributed by atoms with Crippen LogP contribution in [0.25, 0.3) is 0 Å². The van der Waals surface area contributed by atoms with E-state index in [1.165, 1.54) is 12.2 Å². The number of nitrogens with zero attached hydrogens (tertiary/aromatic N) is 1. The van der Waals surface area contributed by atoms with E-state index in [2.05, 4.69) is 20.9 Å². The van der Waals surface area contributed by atoms with Gasteiger partial charge in [0.05, 0.1) is 21.3 Å². The van der Waals surface area contributed by atoms with Gasteiger partial charge in [0.15, 0.2) is 0 Å². The monoisotopic (exact) mass is 357 g/mol. The normalized spacial score (nSPS) is 14.9. The fraction of sp³-hybridized carbons (Fsp3) is 0. The molecule has 0 saturated carbocycles. The van der Waals surface area contributed by atoms with Gasteiger partial charge in [-0.05, 0) is 40.2 Å². The SMILES string of the molecule is O=C1C(Cl)=CC(=NC(=O)c2ccccc2Br)C=C1Cl. The Morgan fingerprint density at radius 1 is 1.11 bits per heavy atom. The smallest absolute Gasteiger partial charge is 0.278 e. The molecule has 0 aliphatic heterocycles. The number of halogens is 3. The summed E-state index contributed by atoms with van der Waals surface area (Å²) < 4.78 is 0.640. The second-order valence-corrected chi connectivity index (χ2v) is 5.30. The van der Waals surface area contributed by atoms with E-state index in [-0.39, 0.29) is 15.8 Å². The molecule has 0 saturated heterocycles. The van der Waals surface area contributed by atoms with Gasteiger partial charge in [-0.25, -0.2) is 4.99 Å². The second kappa shape index (κ2) is 5.82. The molecule has 3 nitrogen and oxygen atoms in total. The van der Waals surface area contributed by atoms with Crippen molar-refractivity contribution in [2.75, 3.05) is 0 Å². The van der Waals surface area contributed by atoms with Crippen molar-refractivity contribution in [3.8, 4) is 0 Å². The Morgan fingerprint density at radius 3 is 2.26 bits per heavy atom. The number of aliphatic imine (C=N–C) groups is 1. The molecule has 1 aliphatic rings. The van der Waals surface area contributed by atoms with Gasteiger partial charge in [0.25, 0.3) is 5.91 Å². The highest BCUT2D eigenvalue weighted by molar-refractivity contribution is 9.10. The summed E-state index contributed by atoms with van der Waals surface area (Å²) in [6.07, 6.45) is 2.62. The highest BCUT2D eigenvalue weighted by Gasteiger charge is 2.18. The largest absolute Gasteiger partial charge is 0.287 e. The van der Waals surface area contributed by atoms with Gasteiger partial charge in [0.2, 0.25) is 5.78 Å². The third-order valence-electron chi connectivity index (χ3n) is 2.32. The topological polar surface area (TPSA) is 46.5 Å². The number of rotatable bonds is 1. The van der Waals surface area contributed by atoms with Crippen LogP contribution in [0.1, 0.15) is 10.4 Å². The highest BCUT2D eigenvalue weighted by atomic mass is 79.9. The number of Topliss-reactive ketones (excluding diaryl/α,β-unsaturated/α-hetero) is 1. The number of ketones is 1. The Kier molecular flexibility index (Phi) is 4.34. The van der Waals surface area contributed by atoms with Crippen molar-refractivity contribution < 1.29 is 9.59 Å². The Hall–Kier alpha value is -1.23. The van der Waals surface area contributed by atoms with Crippen LogP contribution in [0.15, 0.2) is 55.9 Å². The maximum Gasteiger partial charge on any atom is 0.278 e. The van der Waals surface area contributed by atoms with Crippen LogP contribution in [0.5, 0.6) is 0 Å². The Balaban J connectivity index is 2.36. The molecule has 0 radical (unpaired) electrons. The zero-order valence-electron chi connectivity index (χ0n) is 9.36. The third-order valence-corrected chi connectivity index (χ3v) is 3.57. The minimum absolute atomic E-state index is 0.0637. The third kappa shape index (κ3) is 3.21. The summed E-state index contributed by atoms with van der Waals surface area (Å²) in [4.78, 5) is 27.2. The predicted molar refractivity (Wildman–Crippen MR) is 78.8 cm³/mol. The van der Waals surface area contributed by atoms with E-state index in [0.29, 0.717) is 10.0 Å². The molecule has 2 rings (SSSR count). The van der Waals surface area contributed by atoms with Gasteiger partial charge in [0.1, 0.15) is 0 Å². The standard InChI is InChI=1S/C13H6BrCl2NO2/c14-9-4-2-1-3-8(9)13(19)17-7-5-10(15)12(18)11(16)6-7/h1-6H. The first-order chi connectivity index (χ1) is 8.99. The summed E-state index contributed by atoms with van der Waals surface area (Å²) in [7, 11) is 0. The minimum atomic E-state index is -0.476. The van der Waals surface area contributed by atoms with Crippen LogP contribution in [0.3, 0.4) is 0 Å². The summed E-state index contributed by atoms with van der Waals surface area (Å²) in [6.45, 7) is 0. The first-order valence-electron chi connectivity index (χ1n) is 5.15. The molecule has 0 fully saturated rings. The summed E-state index contributed by atoms with van der Waals surface area (Å²) >= 11 is 14.7. The number of carbonyl (C=O) groups is 2. The van der Waals surface area contributed by atoms with E-state index in [1.807, 2.05) is 0 Å². The lowest BCUT2D eigenvalue weighted by Gasteiger charge is -2.05. The van der Waals surface area contributed by atoms with Crippen LogP contribution in [-0.4, -0.2) is 17.4 Å². The number of benzene rings is 1. The molecule has 0 heterocycles. The van der Waals surface area contributed by atoms with E-state index in [9.17, 15) is 9.59 Å². The van der Waals surface area contributed by atoms with Gasteiger partial charge in [0, 0.05) is 4.47 Å². The summed E-state index contributed by atoms with van der Waals surface area (Å²) in [6, 6.07) is 6.90. The van der Waals surface area contributed by atoms with Gasteiger partial charge >= 0.3 is 0 Å². The van der Waals surface area contributed by atoms with Crippen molar-refractivity contribution in [2.24, 2.45) is 4.99 Å². The van der Waals surface area contributed by atoms with E-state index < -0.39 is 11.7 Å². The van der Waals surface area contributed by atoms with Gasteiger partial charge < -0.3 is 0 Å². The predicted octanol–water partition coefficient (Wildman–Crippen LogP) is 3.86. The van der Waals surface area contributed by atoms with Crippen molar-refractivity contribution in [2.45, 2.75) is 0 Å². The zero-order chi connectivity index (χ0) is 14.0. The number of amides is 1. The molecule has 0 N–H and O–H groups in total. The van der Waals surface area contributed by atoms with Crippen molar-refractivity contribution in [3.05, 3.63) is 56.5 Å². The van der Waals surface area contributed by atoms with E-state index in [4.69, 9.17) is 23.2 Å². The summed E-state index contributed by atoms with van der Waals surface area (Å²) in [5.74, 6) is -0.922. The average Bonchev–Trinajstić information content (AvgIpc) is 2.36. The van der Waals surface area contributed by atoms with Gasteiger partial charge in [-0.1, -0.05) is 35.3 Å². The lowest BCUT2D eigenvalue weighted by Crippen LogP contribution is -2.10. The molecule has 0 spiro atoms. The average molecular weight is 359 g/mol. The van der Waals surface area contributed by atoms with Crippen LogP contribution in [0.4, 0.5) is 0 Å². The quantitative estimate of drug-likeness (QED) is 0.715. The molecule has 1 aromatic carbocycles. The molecule has 1 amide bonds. The maximum absolute atomic E-state index is 12.0. The maximum atomic E-state index is 12.0. The first kappa shape index (κ1) is 14.2. The van der Waals surface area contributed by atoms with Gasteiger partial charge in [-0.3, -0.25) is 9.59 Å². The Bertz CT molecular complexity index is 638. The van der Waals surface area contributed by atoms with Crippen LogP contribution >= 0.6 is 39.1 Å². The number of carbonyl (C=O) groups excluding carboxylic acids is 2. The minimum Gasteiger partial charge on any atom is -0.287 e. The summed E-state index contributed by atoms with van der Waals surface area (Å²) in [5, 5.41) is -0.127. The Morgan fingerprint density at radius 2 is 1.68 bits per heavy atom. The van der Waals surface area contributed by atoms with E-state index in [1.54, 1.807) is 24.3 Å².